The molecule has 2 rings (SSSR count). The molecule has 1 atom stereocenters. The molecule has 1 aliphatic carbocycles. The maximum Gasteiger partial charge on any atom is 0.310 e. The van der Waals surface area contributed by atoms with Gasteiger partial charge in [-0.1, -0.05) is 12.8 Å². The lowest BCUT2D eigenvalue weighted by molar-refractivity contribution is -0.153. The Kier molecular flexibility index (Phi) is 3.90. The first-order valence-corrected chi connectivity index (χ1v) is 6.69. The summed E-state index contributed by atoms with van der Waals surface area (Å²) in [6.07, 6.45) is 3.98. The van der Waals surface area contributed by atoms with E-state index in [1.54, 1.807) is 4.90 Å². The molecule has 0 radical (unpaired) electrons. The smallest absolute Gasteiger partial charge is 0.310 e. The van der Waals surface area contributed by atoms with Crippen molar-refractivity contribution in [2.75, 3.05) is 19.7 Å². The third-order valence-corrected chi connectivity index (χ3v) is 4.40. The zero-order valence-corrected chi connectivity index (χ0v) is 10.6. The van der Waals surface area contributed by atoms with Crippen molar-refractivity contribution in [2.45, 2.75) is 38.5 Å². The number of aliphatic hydroxyl groups is 1. The Balaban J connectivity index is 1.96. The van der Waals surface area contributed by atoms with Crippen LogP contribution in [-0.4, -0.2) is 46.7 Å². The molecule has 1 saturated heterocycles. The molecule has 1 saturated carbocycles. The van der Waals surface area contributed by atoms with Gasteiger partial charge in [0.25, 0.3) is 0 Å². The van der Waals surface area contributed by atoms with E-state index in [2.05, 4.69) is 0 Å². The third kappa shape index (κ3) is 2.51. The molecule has 0 bridgehead atoms. The van der Waals surface area contributed by atoms with E-state index in [9.17, 15) is 14.7 Å². The topological polar surface area (TPSA) is 77.8 Å². The van der Waals surface area contributed by atoms with Crippen LogP contribution >= 0.6 is 0 Å². The molecule has 0 spiro atoms. The highest BCUT2D eigenvalue weighted by Gasteiger charge is 2.44. The van der Waals surface area contributed by atoms with Gasteiger partial charge in [-0.25, -0.2) is 0 Å². The monoisotopic (exact) mass is 255 g/mol. The SMILES string of the molecule is O=C(CC1(C(=O)O)CCCC1)N1CCC(CO)C1. The number of carboxylic acids is 1. The minimum atomic E-state index is -0.828. The van der Waals surface area contributed by atoms with Crippen molar-refractivity contribution in [1.82, 2.24) is 4.90 Å². The van der Waals surface area contributed by atoms with Crippen molar-refractivity contribution >= 4 is 11.9 Å². The predicted octanol–water partition coefficient (Wildman–Crippen LogP) is 0.862. The van der Waals surface area contributed by atoms with E-state index in [-0.39, 0.29) is 24.9 Å². The summed E-state index contributed by atoms with van der Waals surface area (Å²) in [4.78, 5) is 25.2. The Hall–Kier alpha value is -1.10. The lowest BCUT2D eigenvalue weighted by Gasteiger charge is -2.26. The van der Waals surface area contributed by atoms with Crippen LogP contribution in [0.2, 0.25) is 0 Å². The van der Waals surface area contributed by atoms with Gasteiger partial charge in [0, 0.05) is 32.0 Å². The maximum atomic E-state index is 12.2. The van der Waals surface area contributed by atoms with Crippen molar-refractivity contribution in [2.24, 2.45) is 11.3 Å². The highest BCUT2D eigenvalue weighted by Crippen LogP contribution is 2.42. The van der Waals surface area contributed by atoms with E-state index in [1.807, 2.05) is 0 Å². The number of aliphatic carboxylic acids is 1. The number of nitrogens with zero attached hydrogens (tertiary/aromatic N) is 1. The van der Waals surface area contributed by atoms with Crippen molar-refractivity contribution in [3.8, 4) is 0 Å². The molecule has 2 N–H and O–H groups in total. The summed E-state index contributed by atoms with van der Waals surface area (Å²) in [7, 11) is 0. The van der Waals surface area contributed by atoms with Gasteiger partial charge in [0.1, 0.15) is 0 Å². The van der Waals surface area contributed by atoms with E-state index in [0.29, 0.717) is 25.9 Å². The molecule has 0 aromatic rings. The molecule has 1 aliphatic heterocycles. The number of carboxylic acid groups (broad SMARTS) is 1. The highest BCUT2D eigenvalue weighted by molar-refractivity contribution is 5.85. The molecule has 0 aromatic heterocycles. The van der Waals surface area contributed by atoms with Gasteiger partial charge in [-0.05, 0) is 19.3 Å². The van der Waals surface area contributed by atoms with Gasteiger partial charge in [-0.15, -0.1) is 0 Å². The van der Waals surface area contributed by atoms with Gasteiger partial charge >= 0.3 is 5.97 Å². The Bertz CT molecular complexity index is 336. The summed E-state index contributed by atoms with van der Waals surface area (Å²) in [5, 5.41) is 18.4. The van der Waals surface area contributed by atoms with Crippen LogP contribution in [0.5, 0.6) is 0 Å². The van der Waals surface area contributed by atoms with Gasteiger partial charge in [-0.3, -0.25) is 9.59 Å². The number of rotatable bonds is 4. The van der Waals surface area contributed by atoms with E-state index >= 15 is 0 Å². The molecule has 1 heterocycles. The summed E-state index contributed by atoms with van der Waals surface area (Å²) in [5.41, 5.74) is -0.825. The molecule has 0 aromatic carbocycles. The summed E-state index contributed by atoms with van der Waals surface area (Å²) in [6.45, 7) is 1.33. The van der Waals surface area contributed by atoms with Gasteiger partial charge in [0.05, 0.1) is 5.41 Å². The summed E-state index contributed by atoms with van der Waals surface area (Å²) in [5.74, 6) is -0.722. The number of likely N-dealkylation sites (tertiary alicyclic amines) is 1. The van der Waals surface area contributed by atoms with Crippen LogP contribution in [0.15, 0.2) is 0 Å². The van der Waals surface area contributed by atoms with Crippen LogP contribution in [0.25, 0.3) is 0 Å². The molecule has 2 aliphatic rings. The van der Waals surface area contributed by atoms with E-state index in [4.69, 9.17) is 5.11 Å². The highest BCUT2D eigenvalue weighted by atomic mass is 16.4. The number of amides is 1. The first-order valence-electron chi connectivity index (χ1n) is 6.69. The predicted molar refractivity (Wildman–Crippen MR) is 64.9 cm³/mol. The first kappa shape index (κ1) is 13.3. The standard InChI is InChI=1S/C13H21NO4/c15-9-10-3-6-14(8-10)11(16)7-13(12(17)18)4-1-2-5-13/h10,15H,1-9H2,(H,17,18). The van der Waals surface area contributed by atoms with Crippen molar-refractivity contribution < 1.29 is 19.8 Å². The number of hydrogen-bond acceptors (Lipinski definition) is 3. The van der Waals surface area contributed by atoms with Crippen LogP contribution in [0, 0.1) is 11.3 Å². The van der Waals surface area contributed by atoms with Gasteiger partial charge in [0.15, 0.2) is 0 Å². The van der Waals surface area contributed by atoms with E-state index < -0.39 is 11.4 Å². The fraction of sp³-hybridized carbons (Fsp3) is 0.846. The number of hydrogen-bond donors (Lipinski definition) is 2. The molecular weight excluding hydrogens is 234 g/mol. The quantitative estimate of drug-likeness (QED) is 0.781. The Morgan fingerprint density at radius 3 is 2.44 bits per heavy atom. The minimum absolute atomic E-state index is 0.0600. The lowest BCUT2D eigenvalue weighted by Crippen LogP contribution is -2.37. The fourth-order valence-electron chi connectivity index (χ4n) is 3.13. The maximum absolute atomic E-state index is 12.2. The summed E-state index contributed by atoms with van der Waals surface area (Å²) >= 11 is 0. The third-order valence-electron chi connectivity index (χ3n) is 4.40. The van der Waals surface area contributed by atoms with Crippen molar-refractivity contribution in [1.29, 1.82) is 0 Å². The van der Waals surface area contributed by atoms with Crippen LogP contribution in [-0.2, 0) is 9.59 Å². The normalized spacial score (nSPS) is 26.5. The summed E-state index contributed by atoms with van der Waals surface area (Å²) in [6, 6.07) is 0. The van der Waals surface area contributed by atoms with E-state index in [1.165, 1.54) is 0 Å². The molecule has 18 heavy (non-hydrogen) atoms. The average Bonchev–Trinajstić information content (AvgIpc) is 2.97. The second kappa shape index (κ2) is 5.26. The van der Waals surface area contributed by atoms with Crippen molar-refractivity contribution in [3.05, 3.63) is 0 Å². The Morgan fingerprint density at radius 1 is 1.28 bits per heavy atom. The van der Waals surface area contributed by atoms with Crippen molar-refractivity contribution in [3.63, 3.8) is 0 Å². The van der Waals surface area contributed by atoms with Crippen LogP contribution in [0.4, 0.5) is 0 Å². The molecule has 5 nitrogen and oxygen atoms in total. The van der Waals surface area contributed by atoms with E-state index in [0.717, 1.165) is 19.3 Å². The second-order valence-corrected chi connectivity index (χ2v) is 5.65. The Morgan fingerprint density at radius 2 is 1.94 bits per heavy atom. The minimum Gasteiger partial charge on any atom is -0.481 e. The van der Waals surface area contributed by atoms with Crippen LogP contribution in [0.1, 0.15) is 38.5 Å². The number of carbonyl (C=O) groups excluding carboxylic acids is 1. The second-order valence-electron chi connectivity index (χ2n) is 5.65. The molecule has 102 valence electrons. The zero-order chi connectivity index (χ0) is 13.2. The van der Waals surface area contributed by atoms with Gasteiger partial charge in [-0.2, -0.15) is 0 Å². The van der Waals surface area contributed by atoms with Crippen LogP contribution in [0.3, 0.4) is 0 Å². The van der Waals surface area contributed by atoms with Gasteiger partial charge < -0.3 is 15.1 Å². The zero-order valence-electron chi connectivity index (χ0n) is 10.6. The Labute approximate surface area is 107 Å². The number of carbonyl (C=O) groups is 2. The first-order chi connectivity index (χ1) is 8.57. The summed E-state index contributed by atoms with van der Waals surface area (Å²) < 4.78 is 0. The fourth-order valence-corrected chi connectivity index (χ4v) is 3.13. The number of aliphatic hydroxyl groups excluding tert-OH is 1. The molecule has 5 heteroatoms. The van der Waals surface area contributed by atoms with Gasteiger partial charge in [0.2, 0.25) is 5.91 Å². The van der Waals surface area contributed by atoms with Crippen LogP contribution < -0.4 is 0 Å². The largest absolute Gasteiger partial charge is 0.481 e. The lowest BCUT2D eigenvalue weighted by atomic mass is 9.82. The molecule has 1 unspecified atom stereocenters. The molecule has 1 amide bonds. The molecule has 2 fully saturated rings. The average molecular weight is 255 g/mol. The molecular formula is C13H21NO4.